The van der Waals surface area contributed by atoms with Crippen molar-refractivity contribution in [1.29, 1.82) is 0 Å². The lowest BCUT2D eigenvalue weighted by molar-refractivity contribution is -0.123. The van der Waals surface area contributed by atoms with Crippen LogP contribution in [0.25, 0.3) is 11.3 Å². The van der Waals surface area contributed by atoms with Crippen molar-refractivity contribution in [2.45, 2.75) is 13.8 Å². The zero-order chi connectivity index (χ0) is 19.2. The monoisotopic (exact) mass is 426 g/mol. The number of aryl methyl sites for hydroxylation is 2. The Morgan fingerprint density at radius 3 is 2.78 bits per heavy atom. The second kappa shape index (κ2) is 8.68. The average molecular weight is 427 g/mol. The van der Waals surface area contributed by atoms with Crippen LogP contribution in [-0.4, -0.2) is 18.7 Å². The molecule has 6 heteroatoms. The molecular formula is C21H19BrN2O3. The van der Waals surface area contributed by atoms with Gasteiger partial charge in [-0.05, 0) is 55.3 Å². The molecule has 0 saturated heterocycles. The number of carbonyl (C=O) groups excluding carboxylic acids is 1. The van der Waals surface area contributed by atoms with E-state index in [0.29, 0.717) is 11.5 Å². The number of nitrogens with zero attached hydrogens (tertiary/aromatic N) is 1. The summed E-state index contributed by atoms with van der Waals surface area (Å²) in [7, 11) is 0. The fraction of sp³-hybridized carbons (Fsp3) is 0.143. The maximum atomic E-state index is 11.8. The van der Waals surface area contributed by atoms with Gasteiger partial charge in [-0.2, -0.15) is 5.10 Å². The molecule has 0 aliphatic carbocycles. The quantitative estimate of drug-likeness (QED) is 0.452. The van der Waals surface area contributed by atoms with Crippen LogP contribution in [0.2, 0.25) is 0 Å². The Kier molecular flexibility index (Phi) is 6.08. The van der Waals surface area contributed by atoms with Gasteiger partial charge in [0.25, 0.3) is 5.91 Å². The molecule has 27 heavy (non-hydrogen) atoms. The van der Waals surface area contributed by atoms with E-state index in [0.717, 1.165) is 26.9 Å². The third kappa shape index (κ3) is 5.08. The van der Waals surface area contributed by atoms with Crippen LogP contribution >= 0.6 is 15.9 Å². The van der Waals surface area contributed by atoms with Crippen molar-refractivity contribution in [1.82, 2.24) is 5.43 Å². The van der Waals surface area contributed by atoms with E-state index >= 15 is 0 Å². The number of hydrazone groups is 1. The number of hydrogen-bond donors (Lipinski definition) is 1. The lowest BCUT2D eigenvalue weighted by Crippen LogP contribution is -2.24. The van der Waals surface area contributed by atoms with Crippen LogP contribution < -0.4 is 10.2 Å². The molecule has 0 bridgehead atoms. The number of furan rings is 1. The number of ether oxygens (including phenoxy) is 1. The second-order valence-electron chi connectivity index (χ2n) is 6.03. The highest BCUT2D eigenvalue weighted by atomic mass is 79.9. The smallest absolute Gasteiger partial charge is 0.277 e. The van der Waals surface area contributed by atoms with Crippen LogP contribution in [0, 0.1) is 13.8 Å². The highest BCUT2D eigenvalue weighted by Crippen LogP contribution is 2.30. The molecule has 0 spiro atoms. The lowest BCUT2D eigenvalue weighted by Gasteiger charge is -2.07. The zero-order valence-electron chi connectivity index (χ0n) is 15.0. The predicted octanol–water partition coefficient (Wildman–Crippen LogP) is 4.86. The normalized spacial score (nSPS) is 10.9. The number of hydrogen-bond acceptors (Lipinski definition) is 4. The minimum atomic E-state index is -0.345. The van der Waals surface area contributed by atoms with Crippen LogP contribution in [0.1, 0.15) is 16.9 Å². The third-order valence-electron chi connectivity index (χ3n) is 3.85. The average Bonchev–Trinajstić information content (AvgIpc) is 3.09. The molecule has 0 saturated carbocycles. The molecule has 0 fully saturated rings. The van der Waals surface area contributed by atoms with Crippen molar-refractivity contribution in [2.24, 2.45) is 5.10 Å². The van der Waals surface area contributed by atoms with E-state index in [-0.39, 0.29) is 12.5 Å². The van der Waals surface area contributed by atoms with E-state index in [1.54, 1.807) is 6.07 Å². The van der Waals surface area contributed by atoms with Gasteiger partial charge in [0.2, 0.25) is 0 Å². The van der Waals surface area contributed by atoms with Crippen LogP contribution in [-0.2, 0) is 4.79 Å². The molecule has 0 aliphatic rings. The number of benzene rings is 2. The van der Waals surface area contributed by atoms with Gasteiger partial charge in [-0.25, -0.2) is 5.43 Å². The molecule has 5 nitrogen and oxygen atoms in total. The van der Waals surface area contributed by atoms with Crippen molar-refractivity contribution in [2.75, 3.05) is 6.61 Å². The van der Waals surface area contributed by atoms with Gasteiger partial charge >= 0.3 is 0 Å². The molecule has 3 aromatic rings. The summed E-state index contributed by atoms with van der Waals surface area (Å²) in [5, 5.41) is 3.91. The van der Waals surface area contributed by atoms with E-state index in [1.165, 1.54) is 6.21 Å². The topological polar surface area (TPSA) is 63.8 Å². The SMILES string of the molecule is Cc1ccc(-c2ccc(/C=N\NC(=O)COc3ccccc3C)o2)c(Br)c1. The van der Waals surface area contributed by atoms with Gasteiger partial charge in [-0.1, -0.05) is 40.2 Å². The van der Waals surface area contributed by atoms with Gasteiger partial charge in [0.15, 0.2) is 6.61 Å². The molecule has 1 amide bonds. The van der Waals surface area contributed by atoms with E-state index in [1.807, 2.05) is 62.4 Å². The zero-order valence-corrected chi connectivity index (χ0v) is 16.6. The van der Waals surface area contributed by atoms with Gasteiger partial charge in [-0.15, -0.1) is 0 Å². The first-order chi connectivity index (χ1) is 13.0. The third-order valence-corrected chi connectivity index (χ3v) is 4.51. The fourth-order valence-corrected chi connectivity index (χ4v) is 3.14. The molecule has 0 radical (unpaired) electrons. The van der Waals surface area contributed by atoms with Crippen molar-refractivity contribution in [3.63, 3.8) is 0 Å². The number of para-hydroxylation sites is 1. The lowest BCUT2D eigenvalue weighted by atomic mass is 10.1. The van der Waals surface area contributed by atoms with Gasteiger partial charge in [0.05, 0.1) is 6.21 Å². The number of halogens is 1. The van der Waals surface area contributed by atoms with Crippen LogP contribution in [0.5, 0.6) is 5.75 Å². The Balaban J connectivity index is 1.55. The molecular weight excluding hydrogens is 408 g/mol. The standard InChI is InChI=1S/C21H19BrN2O3/c1-14-7-9-17(18(22)11-14)20-10-8-16(27-20)12-23-24-21(25)13-26-19-6-4-3-5-15(19)2/h3-12H,13H2,1-2H3,(H,24,25)/b23-12-. The van der Waals surface area contributed by atoms with Gasteiger partial charge < -0.3 is 9.15 Å². The predicted molar refractivity (Wildman–Crippen MR) is 109 cm³/mol. The Labute approximate surface area is 166 Å². The fourth-order valence-electron chi connectivity index (χ4n) is 2.45. The largest absolute Gasteiger partial charge is 0.483 e. The van der Waals surface area contributed by atoms with Crippen LogP contribution in [0.4, 0.5) is 0 Å². The Hall–Kier alpha value is -2.86. The maximum Gasteiger partial charge on any atom is 0.277 e. The van der Waals surface area contributed by atoms with Crippen molar-refractivity contribution < 1.29 is 13.9 Å². The summed E-state index contributed by atoms with van der Waals surface area (Å²) in [6, 6.07) is 17.2. The highest BCUT2D eigenvalue weighted by molar-refractivity contribution is 9.10. The molecule has 0 aliphatic heterocycles. The molecule has 1 aromatic heterocycles. The Morgan fingerprint density at radius 1 is 1.19 bits per heavy atom. The summed E-state index contributed by atoms with van der Waals surface area (Å²) in [5.41, 5.74) is 5.51. The van der Waals surface area contributed by atoms with Gasteiger partial charge in [0.1, 0.15) is 17.3 Å². The molecule has 1 heterocycles. The van der Waals surface area contributed by atoms with E-state index < -0.39 is 0 Å². The maximum absolute atomic E-state index is 11.8. The molecule has 1 N–H and O–H groups in total. The van der Waals surface area contributed by atoms with Crippen molar-refractivity contribution >= 4 is 28.1 Å². The van der Waals surface area contributed by atoms with E-state index in [9.17, 15) is 4.79 Å². The van der Waals surface area contributed by atoms with Gasteiger partial charge in [0, 0.05) is 10.0 Å². The molecule has 138 valence electrons. The number of nitrogens with one attached hydrogen (secondary N) is 1. The number of amides is 1. The summed E-state index contributed by atoms with van der Waals surface area (Å²) in [6.45, 7) is 3.84. The first-order valence-electron chi connectivity index (χ1n) is 8.39. The molecule has 0 unspecified atom stereocenters. The minimum absolute atomic E-state index is 0.109. The number of carbonyl (C=O) groups is 1. The summed E-state index contributed by atoms with van der Waals surface area (Å²) in [5.74, 6) is 1.59. The van der Waals surface area contributed by atoms with Crippen molar-refractivity contribution in [3.05, 3.63) is 76.0 Å². The van der Waals surface area contributed by atoms with Crippen molar-refractivity contribution in [3.8, 4) is 17.1 Å². The van der Waals surface area contributed by atoms with Gasteiger partial charge in [-0.3, -0.25) is 4.79 Å². The molecule has 2 aromatic carbocycles. The summed E-state index contributed by atoms with van der Waals surface area (Å²) >= 11 is 3.54. The minimum Gasteiger partial charge on any atom is -0.483 e. The van der Waals surface area contributed by atoms with E-state index in [2.05, 4.69) is 26.5 Å². The first-order valence-corrected chi connectivity index (χ1v) is 9.19. The summed E-state index contributed by atoms with van der Waals surface area (Å²) in [4.78, 5) is 11.8. The summed E-state index contributed by atoms with van der Waals surface area (Å²) in [6.07, 6.45) is 1.46. The highest BCUT2D eigenvalue weighted by Gasteiger charge is 2.08. The molecule has 3 rings (SSSR count). The van der Waals surface area contributed by atoms with Crippen LogP contribution in [0.3, 0.4) is 0 Å². The van der Waals surface area contributed by atoms with Crippen LogP contribution in [0.15, 0.2) is 68.6 Å². The summed E-state index contributed by atoms with van der Waals surface area (Å²) < 4.78 is 12.2. The van der Waals surface area contributed by atoms with E-state index in [4.69, 9.17) is 9.15 Å². The Morgan fingerprint density at radius 2 is 2.00 bits per heavy atom. The second-order valence-corrected chi connectivity index (χ2v) is 6.89. The first kappa shape index (κ1) is 18.9. The Bertz CT molecular complexity index is 979. The number of rotatable bonds is 6. The molecule has 0 atom stereocenters.